The Morgan fingerprint density at radius 3 is 2.68 bits per heavy atom. The van der Waals surface area contributed by atoms with Crippen molar-refractivity contribution in [1.82, 2.24) is 4.90 Å². The van der Waals surface area contributed by atoms with Gasteiger partial charge >= 0.3 is 5.97 Å². The minimum Gasteiger partial charge on any atom is -0.461 e. The number of hydrogen-bond donors (Lipinski definition) is 0. The second kappa shape index (κ2) is 8.18. The monoisotopic (exact) mass is 283 g/mol. The van der Waals surface area contributed by atoms with Gasteiger partial charge in [-0.25, -0.2) is 4.79 Å². The highest BCUT2D eigenvalue weighted by atomic mass is 35.5. The molecule has 1 aliphatic heterocycles. The van der Waals surface area contributed by atoms with Crippen molar-refractivity contribution in [3.8, 4) is 0 Å². The molecule has 0 atom stereocenters. The Hall–Kier alpha value is -1.06. The fourth-order valence-electron chi connectivity index (χ4n) is 2.31. The molecule has 1 aromatic rings. The molecule has 0 amide bonds. The van der Waals surface area contributed by atoms with Crippen molar-refractivity contribution >= 4 is 18.4 Å². The zero-order valence-corrected chi connectivity index (χ0v) is 12.2. The third kappa shape index (κ3) is 5.21. The summed E-state index contributed by atoms with van der Waals surface area (Å²) >= 11 is 0. The van der Waals surface area contributed by atoms with Gasteiger partial charge in [0.15, 0.2) is 0 Å². The Kier molecular flexibility index (Phi) is 6.89. The third-order valence-electron chi connectivity index (χ3n) is 3.34. The van der Waals surface area contributed by atoms with E-state index in [2.05, 4.69) is 4.90 Å². The fourth-order valence-corrected chi connectivity index (χ4v) is 2.31. The van der Waals surface area contributed by atoms with Crippen LogP contribution in [-0.2, 0) is 4.74 Å². The third-order valence-corrected chi connectivity index (χ3v) is 3.34. The maximum atomic E-state index is 11.8. The van der Waals surface area contributed by atoms with Gasteiger partial charge in [-0.05, 0) is 45.0 Å². The number of hydrogen-bond acceptors (Lipinski definition) is 3. The molecule has 2 rings (SSSR count). The summed E-state index contributed by atoms with van der Waals surface area (Å²) in [7, 11) is 0. The van der Waals surface area contributed by atoms with Crippen LogP contribution < -0.4 is 0 Å². The van der Waals surface area contributed by atoms with E-state index >= 15 is 0 Å². The molecular formula is C15H22ClNO2. The Labute approximate surface area is 121 Å². The lowest BCUT2D eigenvalue weighted by Crippen LogP contribution is -2.33. The summed E-state index contributed by atoms with van der Waals surface area (Å²) in [6.45, 7) is 5.61. The molecule has 4 heteroatoms. The summed E-state index contributed by atoms with van der Waals surface area (Å²) in [5.41, 5.74) is 1.73. The second-order valence-corrected chi connectivity index (χ2v) is 4.91. The Balaban J connectivity index is 0.00000180. The van der Waals surface area contributed by atoms with Crippen molar-refractivity contribution in [3.05, 3.63) is 35.4 Å². The van der Waals surface area contributed by atoms with Gasteiger partial charge in [0, 0.05) is 6.54 Å². The largest absolute Gasteiger partial charge is 0.461 e. The van der Waals surface area contributed by atoms with Crippen LogP contribution in [0.4, 0.5) is 0 Å². The standard InChI is InChI=1S/C15H21NO2.ClH/c1-13-6-5-7-14(12-13)15(17)18-11-10-16-8-3-2-4-9-16;/h5-7,12H,2-4,8-11H2,1H3;1H. The molecule has 106 valence electrons. The van der Waals surface area contributed by atoms with Crippen LogP contribution in [0, 0.1) is 6.92 Å². The van der Waals surface area contributed by atoms with Crippen LogP contribution in [-0.4, -0.2) is 37.1 Å². The smallest absolute Gasteiger partial charge is 0.338 e. The summed E-state index contributed by atoms with van der Waals surface area (Å²) in [6, 6.07) is 7.53. The first-order valence-corrected chi connectivity index (χ1v) is 6.72. The zero-order valence-electron chi connectivity index (χ0n) is 11.4. The molecule has 0 radical (unpaired) electrons. The summed E-state index contributed by atoms with van der Waals surface area (Å²) in [5.74, 6) is -0.212. The van der Waals surface area contributed by atoms with E-state index in [4.69, 9.17) is 4.74 Å². The van der Waals surface area contributed by atoms with Crippen LogP contribution in [0.1, 0.15) is 35.2 Å². The predicted octanol–water partition coefficient (Wildman–Crippen LogP) is 3.06. The van der Waals surface area contributed by atoms with E-state index in [1.54, 1.807) is 6.07 Å². The van der Waals surface area contributed by atoms with E-state index in [0.717, 1.165) is 25.2 Å². The minimum atomic E-state index is -0.212. The van der Waals surface area contributed by atoms with E-state index in [9.17, 15) is 4.79 Å². The first kappa shape index (κ1) is 16.0. The maximum absolute atomic E-state index is 11.8. The molecule has 19 heavy (non-hydrogen) atoms. The molecule has 0 spiro atoms. The SMILES string of the molecule is Cc1cccc(C(=O)OCCN2CCCCC2)c1.Cl. The van der Waals surface area contributed by atoms with Crippen LogP contribution in [0.2, 0.25) is 0 Å². The quantitative estimate of drug-likeness (QED) is 0.796. The topological polar surface area (TPSA) is 29.5 Å². The van der Waals surface area contributed by atoms with E-state index in [1.165, 1.54) is 19.3 Å². The molecule has 1 aliphatic rings. The summed E-state index contributed by atoms with van der Waals surface area (Å²) < 4.78 is 5.31. The minimum absolute atomic E-state index is 0. The number of aryl methyl sites for hydroxylation is 1. The molecule has 1 aromatic carbocycles. The number of benzene rings is 1. The Morgan fingerprint density at radius 1 is 1.26 bits per heavy atom. The van der Waals surface area contributed by atoms with Crippen molar-refractivity contribution in [1.29, 1.82) is 0 Å². The maximum Gasteiger partial charge on any atom is 0.338 e. The number of halogens is 1. The number of ether oxygens (including phenoxy) is 1. The van der Waals surface area contributed by atoms with Gasteiger partial charge in [-0.1, -0.05) is 24.1 Å². The number of likely N-dealkylation sites (tertiary alicyclic amines) is 1. The summed E-state index contributed by atoms with van der Waals surface area (Å²) in [6.07, 6.45) is 3.87. The predicted molar refractivity (Wildman–Crippen MR) is 79.0 cm³/mol. The van der Waals surface area contributed by atoms with Crippen LogP contribution in [0.25, 0.3) is 0 Å². The van der Waals surface area contributed by atoms with Gasteiger partial charge in [0.1, 0.15) is 6.61 Å². The highest BCUT2D eigenvalue weighted by molar-refractivity contribution is 5.89. The molecule has 0 saturated carbocycles. The van der Waals surface area contributed by atoms with Crippen LogP contribution in [0.5, 0.6) is 0 Å². The highest BCUT2D eigenvalue weighted by Gasteiger charge is 2.11. The average Bonchev–Trinajstić information content (AvgIpc) is 2.40. The highest BCUT2D eigenvalue weighted by Crippen LogP contribution is 2.09. The van der Waals surface area contributed by atoms with Gasteiger partial charge in [0.05, 0.1) is 5.56 Å². The van der Waals surface area contributed by atoms with Gasteiger partial charge in [-0.3, -0.25) is 4.90 Å². The number of carbonyl (C=O) groups is 1. The summed E-state index contributed by atoms with van der Waals surface area (Å²) in [4.78, 5) is 14.2. The van der Waals surface area contributed by atoms with E-state index in [0.29, 0.717) is 12.2 Å². The normalized spacial score (nSPS) is 15.6. The lowest BCUT2D eigenvalue weighted by molar-refractivity contribution is 0.0452. The van der Waals surface area contributed by atoms with Gasteiger partial charge in [0.2, 0.25) is 0 Å². The molecule has 1 heterocycles. The van der Waals surface area contributed by atoms with E-state index < -0.39 is 0 Å². The molecule has 0 N–H and O–H groups in total. The van der Waals surface area contributed by atoms with Crippen LogP contribution >= 0.6 is 12.4 Å². The van der Waals surface area contributed by atoms with Crippen molar-refractivity contribution in [3.63, 3.8) is 0 Å². The van der Waals surface area contributed by atoms with E-state index in [1.807, 2.05) is 25.1 Å². The Bertz CT molecular complexity index is 403. The zero-order chi connectivity index (χ0) is 12.8. The molecule has 0 unspecified atom stereocenters. The van der Waals surface area contributed by atoms with Crippen molar-refractivity contribution in [2.24, 2.45) is 0 Å². The van der Waals surface area contributed by atoms with Crippen LogP contribution in [0.3, 0.4) is 0 Å². The second-order valence-electron chi connectivity index (χ2n) is 4.91. The summed E-state index contributed by atoms with van der Waals surface area (Å²) in [5, 5.41) is 0. The van der Waals surface area contributed by atoms with E-state index in [-0.39, 0.29) is 18.4 Å². The molecule has 3 nitrogen and oxygen atoms in total. The molecule has 1 fully saturated rings. The van der Waals surface area contributed by atoms with Crippen molar-refractivity contribution in [2.75, 3.05) is 26.2 Å². The van der Waals surface area contributed by atoms with Crippen molar-refractivity contribution < 1.29 is 9.53 Å². The van der Waals surface area contributed by atoms with Gasteiger partial charge < -0.3 is 4.74 Å². The van der Waals surface area contributed by atoms with Gasteiger partial charge in [-0.2, -0.15) is 0 Å². The first-order valence-electron chi connectivity index (χ1n) is 6.72. The van der Waals surface area contributed by atoms with Gasteiger partial charge in [0.25, 0.3) is 0 Å². The van der Waals surface area contributed by atoms with Gasteiger partial charge in [-0.15, -0.1) is 12.4 Å². The van der Waals surface area contributed by atoms with Crippen LogP contribution in [0.15, 0.2) is 24.3 Å². The number of carbonyl (C=O) groups excluding carboxylic acids is 1. The molecule has 0 aromatic heterocycles. The molecular weight excluding hydrogens is 262 g/mol. The van der Waals surface area contributed by atoms with Crippen molar-refractivity contribution in [2.45, 2.75) is 26.2 Å². The average molecular weight is 284 g/mol. The number of piperidine rings is 1. The molecule has 1 saturated heterocycles. The number of nitrogens with zero attached hydrogens (tertiary/aromatic N) is 1. The Morgan fingerprint density at radius 2 is 2.00 bits per heavy atom. The lowest BCUT2D eigenvalue weighted by Gasteiger charge is -2.25. The molecule has 0 bridgehead atoms. The number of rotatable bonds is 4. The fraction of sp³-hybridized carbons (Fsp3) is 0.533. The number of esters is 1. The first-order chi connectivity index (χ1) is 8.75. The lowest BCUT2D eigenvalue weighted by atomic mass is 10.1. The molecule has 0 aliphatic carbocycles.